The fourth-order valence-corrected chi connectivity index (χ4v) is 2.12. The Morgan fingerprint density at radius 3 is 2.67 bits per heavy atom. The Balaban J connectivity index is 2.47. The third-order valence-corrected chi connectivity index (χ3v) is 3.05. The fourth-order valence-electron chi connectivity index (χ4n) is 2.12. The second-order valence-electron chi connectivity index (χ2n) is 4.65. The molecule has 1 aromatic heterocycles. The molecule has 3 N–H and O–H groups in total. The lowest BCUT2D eigenvalue weighted by atomic mass is 10.2. The molecule has 0 atom stereocenters. The zero-order valence-electron chi connectivity index (χ0n) is 11.3. The van der Waals surface area contributed by atoms with Crippen LogP contribution in [0.25, 0.3) is 10.9 Å². The topological polar surface area (TPSA) is 115 Å². The highest BCUT2D eigenvalue weighted by Gasteiger charge is 2.12. The second kappa shape index (κ2) is 6.17. The van der Waals surface area contributed by atoms with E-state index in [-0.39, 0.29) is 18.5 Å². The number of nitrogens with zero attached hydrogens (tertiary/aromatic N) is 2. The summed E-state index contributed by atoms with van der Waals surface area (Å²) in [5.41, 5.74) is 5.34. The number of aromatic nitrogens is 2. The van der Waals surface area contributed by atoms with E-state index < -0.39 is 11.9 Å². The molecule has 0 radical (unpaired) electrons. The summed E-state index contributed by atoms with van der Waals surface area (Å²) >= 11 is 0. The van der Waals surface area contributed by atoms with Crippen LogP contribution in [0, 0.1) is 0 Å². The average molecular weight is 289 g/mol. The zero-order chi connectivity index (χ0) is 15.4. The van der Waals surface area contributed by atoms with Crippen molar-refractivity contribution in [1.29, 1.82) is 0 Å². The summed E-state index contributed by atoms with van der Waals surface area (Å²) in [4.78, 5) is 38.4. The Bertz CT molecular complexity index is 751. The summed E-state index contributed by atoms with van der Waals surface area (Å²) in [7, 11) is 0. The van der Waals surface area contributed by atoms with Crippen LogP contribution in [0.15, 0.2) is 29.1 Å². The Morgan fingerprint density at radius 2 is 2.00 bits per heavy atom. The molecule has 0 spiro atoms. The van der Waals surface area contributed by atoms with Gasteiger partial charge in [0.1, 0.15) is 12.4 Å². The normalized spacial score (nSPS) is 10.7. The molecule has 0 aliphatic carbocycles. The lowest BCUT2D eigenvalue weighted by Crippen LogP contribution is -2.31. The molecule has 110 valence electrons. The summed E-state index contributed by atoms with van der Waals surface area (Å²) < 4.78 is 1.21. The van der Waals surface area contributed by atoms with E-state index in [1.807, 2.05) is 0 Å². The first-order chi connectivity index (χ1) is 9.99. The summed E-state index contributed by atoms with van der Waals surface area (Å²) in [6, 6.07) is 6.80. The van der Waals surface area contributed by atoms with E-state index in [4.69, 9.17) is 10.8 Å². The van der Waals surface area contributed by atoms with Gasteiger partial charge in [-0.1, -0.05) is 12.1 Å². The predicted molar refractivity (Wildman–Crippen MR) is 75.8 cm³/mol. The molecule has 0 aliphatic rings. The standard InChI is InChI=1S/C14H15N3O4/c15-11(18)8-17-12(6-3-7-13(19)20)16-10-5-2-1-4-9(10)14(17)21/h1-2,4-5H,3,6-8H2,(H2,15,18)(H,19,20). The summed E-state index contributed by atoms with van der Waals surface area (Å²) in [6.07, 6.45) is 0.595. The van der Waals surface area contributed by atoms with E-state index in [1.165, 1.54) is 4.57 Å². The smallest absolute Gasteiger partial charge is 0.303 e. The molecular formula is C14H15N3O4. The van der Waals surface area contributed by atoms with Gasteiger partial charge >= 0.3 is 5.97 Å². The van der Waals surface area contributed by atoms with Crippen LogP contribution in [0.5, 0.6) is 0 Å². The number of nitrogens with two attached hydrogens (primary N) is 1. The summed E-state index contributed by atoms with van der Waals surface area (Å²) in [6.45, 7) is -0.265. The van der Waals surface area contributed by atoms with Crippen molar-refractivity contribution in [3.63, 3.8) is 0 Å². The van der Waals surface area contributed by atoms with Gasteiger partial charge in [-0.15, -0.1) is 0 Å². The number of hydrogen-bond acceptors (Lipinski definition) is 4. The van der Waals surface area contributed by atoms with Gasteiger partial charge in [0.15, 0.2) is 0 Å². The maximum Gasteiger partial charge on any atom is 0.303 e. The van der Waals surface area contributed by atoms with E-state index in [0.29, 0.717) is 29.6 Å². The molecule has 1 aromatic carbocycles. The Labute approximate surface area is 120 Å². The first-order valence-electron chi connectivity index (χ1n) is 6.47. The van der Waals surface area contributed by atoms with Gasteiger partial charge in [0.2, 0.25) is 5.91 Å². The summed E-state index contributed by atoms with van der Waals surface area (Å²) in [5, 5.41) is 9.07. The van der Waals surface area contributed by atoms with Crippen LogP contribution >= 0.6 is 0 Å². The number of carbonyl (C=O) groups is 2. The molecule has 21 heavy (non-hydrogen) atoms. The van der Waals surface area contributed by atoms with E-state index in [9.17, 15) is 14.4 Å². The minimum absolute atomic E-state index is 0.0285. The van der Waals surface area contributed by atoms with Gasteiger partial charge in [-0.2, -0.15) is 0 Å². The first-order valence-corrected chi connectivity index (χ1v) is 6.47. The van der Waals surface area contributed by atoms with Crippen LogP contribution in [-0.4, -0.2) is 26.5 Å². The molecule has 0 unspecified atom stereocenters. The minimum atomic E-state index is -0.917. The third kappa shape index (κ3) is 3.44. The molecule has 0 saturated carbocycles. The van der Waals surface area contributed by atoms with Gasteiger partial charge in [0, 0.05) is 12.8 Å². The highest BCUT2D eigenvalue weighted by Crippen LogP contribution is 2.10. The van der Waals surface area contributed by atoms with Crippen LogP contribution in [0.2, 0.25) is 0 Å². The van der Waals surface area contributed by atoms with Gasteiger partial charge in [-0.05, 0) is 18.6 Å². The maximum atomic E-state index is 12.4. The highest BCUT2D eigenvalue weighted by atomic mass is 16.4. The monoisotopic (exact) mass is 289 g/mol. The number of carboxylic acid groups (broad SMARTS) is 1. The molecule has 7 nitrogen and oxygen atoms in total. The van der Waals surface area contributed by atoms with E-state index >= 15 is 0 Å². The highest BCUT2D eigenvalue weighted by molar-refractivity contribution is 5.78. The SMILES string of the molecule is NC(=O)Cn1c(CCCC(=O)O)nc2ccccc2c1=O. The maximum absolute atomic E-state index is 12.4. The fraction of sp³-hybridized carbons (Fsp3) is 0.286. The first kappa shape index (κ1) is 14.7. The van der Waals surface area contributed by atoms with Crippen molar-refractivity contribution >= 4 is 22.8 Å². The molecule has 2 rings (SSSR count). The van der Waals surface area contributed by atoms with Crippen molar-refractivity contribution in [3.8, 4) is 0 Å². The molecule has 7 heteroatoms. The molecule has 0 saturated heterocycles. The zero-order valence-corrected chi connectivity index (χ0v) is 11.3. The Hall–Kier alpha value is -2.70. The quantitative estimate of drug-likeness (QED) is 0.793. The van der Waals surface area contributed by atoms with Crippen LogP contribution < -0.4 is 11.3 Å². The average Bonchev–Trinajstić information content (AvgIpc) is 2.42. The van der Waals surface area contributed by atoms with Crippen LogP contribution in [-0.2, 0) is 22.6 Å². The number of carboxylic acids is 1. The number of fused-ring (bicyclic) bond motifs is 1. The van der Waals surface area contributed by atoms with Crippen molar-refractivity contribution in [3.05, 3.63) is 40.4 Å². The van der Waals surface area contributed by atoms with E-state index in [2.05, 4.69) is 4.98 Å². The number of benzene rings is 1. The number of rotatable bonds is 6. The molecule has 0 bridgehead atoms. The third-order valence-electron chi connectivity index (χ3n) is 3.05. The van der Waals surface area contributed by atoms with Crippen LogP contribution in [0.1, 0.15) is 18.7 Å². The lowest BCUT2D eigenvalue weighted by molar-refractivity contribution is -0.137. The van der Waals surface area contributed by atoms with E-state index in [1.54, 1.807) is 24.3 Å². The molecule has 2 aromatic rings. The van der Waals surface area contributed by atoms with Crippen molar-refractivity contribution in [2.75, 3.05) is 0 Å². The van der Waals surface area contributed by atoms with Crippen molar-refractivity contribution in [1.82, 2.24) is 9.55 Å². The van der Waals surface area contributed by atoms with Crippen LogP contribution in [0.4, 0.5) is 0 Å². The van der Waals surface area contributed by atoms with Crippen molar-refractivity contribution < 1.29 is 14.7 Å². The van der Waals surface area contributed by atoms with Gasteiger partial charge in [0.05, 0.1) is 10.9 Å². The number of aliphatic carboxylic acids is 1. The molecule has 0 fully saturated rings. The number of aryl methyl sites for hydroxylation is 1. The summed E-state index contributed by atoms with van der Waals surface area (Å²) in [5.74, 6) is -1.19. The minimum Gasteiger partial charge on any atom is -0.481 e. The van der Waals surface area contributed by atoms with Gasteiger partial charge in [-0.25, -0.2) is 4.98 Å². The van der Waals surface area contributed by atoms with Crippen molar-refractivity contribution in [2.45, 2.75) is 25.8 Å². The number of primary amides is 1. The number of para-hydroxylation sites is 1. The van der Waals surface area contributed by atoms with Crippen LogP contribution in [0.3, 0.4) is 0 Å². The Kier molecular flexibility index (Phi) is 4.32. The van der Waals surface area contributed by atoms with E-state index in [0.717, 1.165) is 0 Å². The predicted octanol–water partition coefficient (Wildman–Crippen LogP) is 0.289. The lowest BCUT2D eigenvalue weighted by Gasteiger charge is -2.11. The largest absolute Gasteiger partial charge is 0.481 e. The number of amides is 1. The van der Waals surface area contributed by atoms with Gasteiger partial charge < -0.3 is 10.8 Å². The molecular weight excluding hydrogens is 274 g/mol. The van der Waals surface area contributed by atoms with Crippen molar-refractivity contribution in [2.24, 2.45) is 5.73 Å². The molecule has 0 aliphatic heterocycles. The Morgan fingerprint density at radius 1 is 1.29 bits per heavy atom. The molecule has 1 heterocycles. The second-order valence-corrected chi connectivity index (χ2v) is 4.65. The number of hydrogen-bond donors (Lipinski definition) is 2. The molecule has 1 amide bonds. The van der Waals surface area contributed by atoms with Gasteiger partial charge in [-0.3, -0.25) is 19.0 Å². The van der Waals surface area contributed by atoms with Gasteiger partial charge in [0.25, 0.3) is 5.56 Å². The number of carbonyl (C=O) groups excluding carboxylic acids is 1.